The zero-order valence-corrected chi connectivity index (χ0v) is 14.5. The Balaban J connectivity index is 1.96. The van der Waals surface area contributed by atoms with Crippen molar-refractivity contribution in [1.82, 2.24) is 9.97 Å². The van der Waals surface area contributed by atoms with E-state index < -0.39 is 0 Å². The molecule has 0 spiro atoms. The second-order valence-corrected chi connectivity index (χ2v) is 6.60. The van der Waals surface area contributed by atoms with Gasteiger partial charge in [-0.25, -0.2) is 0 Å². The lowest BCUT2D eigenvalue weighted by molar-refractivity contribution is 0.748. The molecule has 0 unspecified atom stereocenters. The van der Waals surface area contributed by atoms with E-state index in [-0.39, 0.29) is 0 Å². The minimum absolute atomic E-state index is 0.743. The molecule has 0 aliphatic carbocycles. The van der Waals surface area contributed by atoms with Crippen LogP contribution >= 0.6 is 0 Å². The van der Waals surface area contributed by atoms with Gasteiger partial charge >= 0.3 is 0 Å². The van der Waals surface area contributed by atoms with Crippen LogP contribution in [0.5, 0.6) is 0 Å². The molecule has 0 aliphatic rings. The Hall–Kier alpha value is -2.65. The molecule has 4 aromatic rings. The van der Waals surface area contributed by atoms with Crippen LogP contribution in [0.25, 0.3) is 33.1 Å². The quantitative estimate of drug-likeness (QED) is 0.508. The molecule has 2 heterocycles. The SMILES string of the molecule is Cc1cccc2c(CCCCN)c(-c3cccc4cccnc34)[nH]c12. The van der Waals surface area contributed by atoms with Crippen LogP contribution in [-0.2, 0) is 6.42 Å². The van der Waals surface area contributed by atoms with Crippen molar-refractivity contribution in [2.45, 2.75) is 26.2 Å². The Morgan fingerprint density at radius 3 is 2.72 bits per heavy atom. The number of H-pyrrole nitrogens is 1. The first-order valence-corrected chi connectivity index (χ1v) is 8.94. The highest BCUT2D eigenvalue weighted by molar-refractivity contribution is 5.99. The van der Waals surface area contributed by atoms with Gasteiger partial charge in [0, 0.05) is 28.0 Å². The van der Waals surface area contributed by atoms with Crippen LogP contribution in [0.4, 0.5) is 0 Å². The largest absolute Gasteiger partial charge is 0.354 e. The maximum Gasteiger partial charge on any atom is 0.0795 e. The summed E-state index contributed by atoms with van der Waals surface area (Å²) in [7, 11) is 0. The number of rotatable bonds is 5. The van der Waals surface area contributed by atoms with E-state index in [0.717, 1.165) is 31.3 Å². The molecule has 126 valence electrons. The van der Waals surface area contributed by atoms with Crippen LogP contribution in [0.15, 0.2) is 54.7 Å². The van der Waals surface area contributed by atoms with Crippen LogP contribution in [0, 0.1) is 6.92 Å². The van der Waals surface area contributed by atoms with E-state index >= 15 is 0 Å². The van der Waals surface area contributed by atoms with E-state index in [9.17, 15) is 0 Å². The van der Waals surface area contributed by atoms with Crippen molar-refractivity contribution >= 4 is 21.8 Å². The third kappa shape index (κ3) is 2.81. The molecule has 0 atom stereocenters. The second-order valence-electron chi connectivity index (χ2n) is 6.60. The Bertz CT molecular complexity index is 1020. The Kier molecular flexibility index (Phi) is 4.24. The molecule has 3 nitrogen and oxygen atoms in total. The van der Waals surface area contributed by atoms with Crippen molar-refractivity contribution < 1.29 is 0 Å². The number of aromatic amines is 1. The number of pyridine rings is 1. The number of para-hydroxylation sites is 2. The van der Waals surface area contributed by atoms with E-state index in [1.807, 2.05) is 12.3 Å². The first kappa shape index (κ1) is 15.9. The molecule has 0 aliphatic heterocycles. The third-order valence-electron chi connectivity index (χ3n) is 4.93. The predicted octanol–water partition coefficient (Wildman–Crippen LogP) is 4.97. The summed E-state index contributed by atoms with van der Waals surface area (Å²) in [5.41, 5.74) is 13.0. The number of aryl methyl sites for hydroxylation is 2. The molecule has 0 radical (unpaired) electrons. The first-order valence-electron chi connectivity index (χ1n) is 8.94. The number of unbranched alkanes of at least 4 members (excludes halogenated alkanes) is 1. The van der Waals surface area contributed by atoms with E-state index in [4.69, 9.17) is 5.73 Å². The summed E-state index contributed by atoms with van der Waals surface area (Å²) in [6.45, 7) is 2.90. The maximum atomic E-state index is 5.71. The summed E-state index contributed by atoms with van der Waals surface area (Å²) in [5.74, 6) is 0. The van der Waals surface area contributed by atoms with Crippen LogP contribution in [0.1, 0.15) is 24.0 Å². The van der Waals surface area contributed by atoms with Crippen molar-refractivity contribution in [2.75, 3.05) is 6.54 Å². The zero-order valence-electron chi connectivity index (χ0n) is 14.5. The van der Waals surface area contributed by atoms with E-state index in [2.05, 4.69) is 59.4 Å². The third-order valence-corrected chi connectivity index (χ3v) is 4.93. The molecule has 2 aromatic heterocycles. The van der Waals surface area contributed by atoms with Gasteiger partial charge in [-0.15, -0.1) is 0 Å². The second kappa shape index (κ2) is 6.69. The Morgan fingerprint density at radius 1 is 1.00 bits per heavy atom. The van der Waals surface area contributed by atoms with E-state index in [1.54, 1.807) is 0 Å². The van der Waals surface area contributed by atoms with Crippen molar-refractivity contribution in [3.63, 3.8) is 0 Å². The highest BCUT2D eigenvalue weighted by Crippen LogP contribution is 2.35. The van der Waals surface area contributed by atoms with Crippen LogP contribution in [0.3, 0.4) is 0 Å². The highest BCUT2D eigenvalue weighted by atomic mass is 14.7. The summed E-state index contributed by atoms with van der Waals surface area (Å²) in [6.07, 6.45) is 5.04. The topological polar surface area (TPSA) is 54.7 Å². The van der Waals surface area contributed by atoms with Crippen LogP contribution in [0.2, 0.25) is 0 Å². The molecule has 0 amide bonds. The number of nitrogens with one attached hydrogen (secondary N) is 1. The van der Waals surface area contributed by atoms with Crippen molar-refractivity contribution in [2.24, 2.45) is 5.73 Å². The molecular weight excluding hydrogens is 306 g/mol. The molecule has 0 bridgehead atoms. The lowest BCUT2D eigenvalue weighted by atomic mass is 9.98. The molecule has 0 saturated carbocycles. The molecule has 3 N–H and O–H groups in total. The fraction of sp³-hybridized carbons (Fsp3) is 0.227. The number of benzene rings is 2. The Labute approximate surface area is 147 Å². The predicted molar refractivity (Wildman–Crippen MR) is 106 cm³/mol. The van der Waals surface area contributed by atoms with Gasteiger partial charge < -0.3 is 10.7 Å². The van der Waals surface area contributed by atoms with Gasteiger partial charge in [-0.3, -0.25) is 4.98 Å². The lowest BCUT2D eigenvalue weighted by Crippen LogP contribution is -1.99. The summed E-state index contributed by atoms with van der Waals surface area (Å²) >= 11 is 0. The normalized spacial score (nSPS) is 11.4. The number of nitrogens with two attached hydrogens (primary N) is 1. The lowest BCUT2D eigenvalue weighted by Gasteiger charge is -2.08. The van der Waals surface area contributed by atoms with Crippen LogP contribution < -0.4 is 5.73 Å². The molecular formula is C22H23N3. The van der Waals surface area contributed by atoms with Gasteiger partial charge in [-0.05, 0) is 49.9 Å². The smallest absolute Gasteiger partial charge is 0.0795 e. The average molecular weight is 329 g/mol. The van der Waals surface area contributed by atoms with Gasteiger partial charge in [0.1, 0.15) is 0 Å². The first-order chi connectivity index (χ1) is 12.3. The molecule has 2 aromatic carbocycles. The summed E-state index contributed by atoms with van der Waals surface area (Å²) in [5, 5.41) is 2.49. The van der Waals surface area contributed by atoms with Crippen molar-refractivity contribution in [1.29, 1.82) is 0 Å². The van der Waals surface area contributed by atoms with Crippen molar-refractivity contribution in [3.05, 3.63) is 65.9 Å². The highest BCUT2D eigenvalue weighted by Gasteiger charge is 2.16. The molecule has 3 heteroatoms. The Morgan fingerprint density at radius 2 is 1.84 bits per heavy atom. The van der Waals surface area contributed by atoms with Gasteiger partial charge in [-0.1, -0.05) is 42.5 Å². The fourth-order valence-electron chi connectivity index (χ4n) is 3.66. The van der Waals surface area contributed by atoms with Gasteiger partial charge in [0.2, 0.25) is 0 Å². The van der Waals surface area contributed by atoms with Gasteiger partial charge in [0.25, 0.3) is 0 Å². The van der Waals surface area contributed by atoms with Gasteiger partial charge in [0.15, 0.2) is 0 Å². The molecule has 4 rings (SSSR count). The summed E-state index contributed by atoms with van der Waals surface area (Å²) in [4.78, 5) is 8.34. The number of aromatic nitrogens is 2. The maximum absolute atomic E-state index is 5.71. The molecule has 0 fully saturated rings. The van der Waals surface area contributed by atoms with E-state index in [1.165, 1.54) is 38.7 Å². The molecule has 25 heavy (non-hydrogen) atoms. The van der Waals surface area contributed by atoms with Crippen molar-refractivity contribution in [3.8, 4) is 11.3 Å². The standard InChI is InChI=1S/C22H23N3/c1-15-7-4-11-17-18(10-2-3-13-23)22(25-20(15)17)19-12-5-8-16-9-6-14-24-21(16)19/h4-9,11-12,14,25H,2-3,10,13,23H2,1H3. The zero-order chi connectivity index (χ0) is 17.2. The molecule has 0 saturated heterocycles. The number of fused-ring (bicyclic) bond motifs is 2. The number of nitrogens with zero attached hydrogens (tertiary/aromatic N) is 1. The minimum atomic E-state index is 0.743. The number of hydrogen-bond acceptors (Lipinski definition) is 2. The summed E-state index contributed by atoms with van der Waals surface area (Å²) < 4.78 is 0. The van der Waals surface area contributed by atoms with Gasteiger partial charge in [-0.2, -0.15) is 0 Å². The monoisotopic (exact) mass is 329 g/mol. The number of hydrogen-bond donors (Lipinski definition) is 2. The summed E-state index contributed by atoms with van der Waals surface area (Å²) in [6, 6.07) is 17.0. The average Bonchev–Trinajstić information content (AvgIpc) is 3.01. The fourth-order valence-corrected chi connectivity index (χ4v) is 3.66. The minimum Gasteiger partial charge on any atom is -0.354 e. The van der Waals surface area contributed by atoms with Crippen LogP contribution in [-0.4, -0.2) is 16.5 Å². The van der Waals surface area contributed by atoms with Gasteiger partial charge in [0.05, 0.1) is 11.2 Å². The van der Waals surface area contributed by atoms with E-state index in [0.29, 0.717) is 0 Å².